The van der Waals surface area contributed by atoms with Crippen molar-refractivity contribution in [3.05, 3.63) is 24.3 Å². The maximum absolute atomic E-state index is 11.1. The van der Waals surface area contributed by atoms with E-state index in [0.717, 1.165) is 6.42 Å². The van der Waals surface area contributed by atoms with Crippen molar-refractivity contribution < 1.29 is 9.90 Å². The second-order valence-corrected chi connectivity index (χ2v) is 2.83. The van der Waals surface area contributed by atoms with Gasteiger partial charge in [0.1, 0.15) is 0 Å². The minimum absolute atomic E-state index is 0.0481. The zero-order chi connectivity index (χ0) is 9.68. The van der Waals surface area contributed by atoms with Crippen LogP contribution in [0.2, 0.25) is 0 Å². The normalized spacial score (nSPS) is 9.62. The van der Waals surface area contributed by atoms with Crippen LogP contribution in [0.3, 0.4) is 0 Å². The average Bonchev–Trinajstić information content (AvgIpc) is 2.04. The van der Waals surface area contributed by atoms with Crippen LogP contribution in [0, 0.1) is 0 Å². The van der Waals surface area contributed by atoms with Crippen LogP contribution >= 0.6 is 0 Å². The van der Waals surface area contributed by atoms with Crippen molar-refractivity contribution >= 4 is 11.6 Å². The first-order valence-electron chi connectivity index (χ1n) is 4.29. The molecule has 13 heavy (non-hydrogen) atoms. The van der Waals surface area contributed by atoms with Crippen molar-refractivity contribution in [1.82, 2.24) is 0 Å². The van der Waals surface area contributed by atoms with Crippen molar-refractivity contribution in [3.8, 4) is 5.75 Å². The van der Waals surface area contributed by atoms with E-state index in [1.807, 2.05) is 6.92 Å². The third-order valence-electron chi connectivity index (χ3n) is 1.59. The molecule has 0 aliphatic rings. The predicted molar refractivity (Wildman–Crippen MR) is 50.1 cm³/mol. The highest BCUT2D eigenvalue weighted by atomic mass is 16.3. The molecule has 0 unspecified atom stereocenters. The fourth-order valence-electron chi connectivity index (χ4n) is 1.02. The largest absolute Gasteiger partial charge is 0.326 e. The Balaban J connectivity index is 2.58. The Bertz CT molecular complexity index is 297. The van der Waals surface area contributed by atoms with Crippen molar-refractivity contribution in [1.29, 1.82) is 0 Å². The van der Waals surface area contributed by atoms with Crippen LogP contribution in [-0.4, -0.2) is 5.91 Å². The summed E-state index contributed by atoms with van der Waals surface area (Å²) in [5.74, 6) is -0.137. The number of carbonyl (C=O) groups excluding carboxylic acids is 1. The number of hydrogen-bond donors (Lipinski definition) is 1. The van der Waals surface area contributed by atoms with Crippen LogP contribution in [0.15, 0.2) is 24.3 Å². The van der Waals surface area contributed by atoms with Gasteiger partial charge in [-0.3, -0.25) is 9.90 Å². The number of nitrogens with one attached hydrogen (secondary N) is 1. The van der Waals surface area contributed by atoms with Gasteiger partial charge in [0.25, 0.3) is 0 Å². The molecule has 1 N–H and O–H groups in total. The minimum Gasteiger partial charge on any atom is -0.326 e. The van der Waals surface area contributed by atoms with E-state index < -0.39 is 0 Å². The van der Waals surface area contributed by atoms with E-state index in [9.17, 15) is 9.90 Å². The van der Waals surface area contributed by atoms with Crippen LogP contribution < -0.4 is 5.32 Å². The fourth-order valence-corrected chi connectivity index (χ4v) is 1.02. The maximum atomic E-state index is 11.1. The van der Waals surface area contributed by atoms with Crippen LogP contribution in [0.5, 0.6) is 5.75 Å². The lowest BCUT2D eigenvalue weighted by atomic mass is 10.2. The Morgan fingerprint density at radius 1 is 1.46 bits per heavy atom. The molecule has 0 saturated carbocycles. The molecule has 0 fully saturated rings. The van der Waals surface area contributed by atoms with Gasteiger partial charge in [0.05, 0.1) is 0 Å². The van der Waals surface area contributed by atoms with Gasteiger partial charge in [0.15, 0.2) is 5.75 Å². The number of amides is 1. The average molecular weight is 178 g/mol. The monoisotopic (exact) mass is 178 g/mol. The first kappa shape index (κ1) is 9.58. The molecule has 0 aliphatic carbocycles. The molecular formula is C10H12NO2. The minimum atomic E-state index is -0.0886. The van der Waals surface area contributed by atoms with Crippen molar-refractivity contribution in [2.45, 2.75) is 19.8 Å². The van der Waals surface area contributed by atoms with Gasteiger partial charge in [-0.05, 0) is 18.6 Å². The zero-order valence-electron chi connectivity index (χ0n) is 7.54. The number of hydrogen-bond acceptors (Lipinski definition) is 1. The van der Waals surface area contributed by atoms with Gasteiger partial charge in [0, 0.05) is 18.2 Å². The van der Waals surface area contributed by atoms with Gasteiger partial charge in [-0.15, -0.1) is 0 Å². The van der Waals surface area contributed by atoms with E-state index in [1.165, 1.54) is 12.1 Å². The molecule has 69 valence electrons. The summed E-state index contributed by atoms with van der Waals surface area (Å²) in [4.78, 5) is 11.1. The molecule has 0 atom stereocenters. The summed E-state index contributed by atoms with van der Waals surface area (Å²) < 4.78 is 0. The zero-order valence-corrected chi connectivity index (χ0v) is 7.54. The SMILES string of the molecule is CCCC(=O)Nc1cccc([O])c1. The van der Waals surface area contributed by atoms with Gasteiger partial charge in [0.2, 0.25) is 5.91 Å². The van der Waals surface area contributed by atoms with Gasteiger partial charge in [-0.25, -0.2) is 0 Å². The van der Waals surface area contributed by atoms with Gasteiger partial charge < -0.3 is 5.32 Å². The van der Waals surface area contributed by atoms with Gasteiger partial charge >= 0.3 is 0 Å². The lowest BCUT2D eigenvalue weighted by molar-refractivity contribution is -0.116. The summed E-state index contributed by atoms with van der Waals surface area (Å²) in [5, 5.41) is 13.5. The molecule has 1 radical (unpaired) electrons. The molecule has 1 amide bonds. The molecular weight excluding hydrogens is 166 g/mol. The first-order valence-corrected chi connectivity index (χ1v) is 4.29. The summed E-state index contributed by atoms with van der Waals surface area (Å²) in [6, 6.07) is 6.20. The number of benzene rings is 1. The second kappa shape index (κ2) is 4.50. The van der Waals surface area contributed by atoms with E-state index >= 15 is 0 Å². The summed E-state index contributed by atoms with van der Waals surface area (Å²) in [6.07, 6.45) is 1.30. The highest BCUT2D eigenvalue weighted by Gasteiger charge is 2.00. The Kier molecular flexibility index (Phi) is 3.31. The van der Waals surface area contributed by atoms with E-state index in [-0.39, 0.29) is 11.7 Å². The number of anilines is 1. The molecule has 1 aromatic rings. The number of rotatable bonds is 3. The Morgan fingerprint density at radius 3 is 2.85 bits per heavy atom. The number of carbonyl (C=O) groups is 1. The van der Waals surface area contributed by atoms with E-state index in [2.05, 4.69) is 5.32 Å². The molecule has 0 aromatic heterocycles. The molecule has 3 heteroatoms. The smallest absolute Gasteiger partial charge is 0.224 e. The molecule has 3 nitrogen and oxygen atoms in total. The summed E-state index contributed by atoms with van der Waals surface area (Å²) in [6.45, 7) is 1.93. The second-order valence-electron chi connectivity index (χ2n) is 2.83. The highest BCUT2D eigenvalue weighted by Crippen LogP contribution is 2.16. The molecule has 1 aromatic carbocycles. The van der Waals surface area contributed by atoms with Crippen LogP contribution in [0.1, 0.15) is 19.8 Å². The summed E-state index contributed by atoms with van der Waals surface area (Å²) in [7, 11) is 0. The van der Waals surface area contributed by atoms with Crippen molar-refractivity contribution in [2.75, 3.05) is 5.32 Å². The lowest BCUT2D eigenvalue weighted by Crippen LogP contribution is -2.10. The van der Waals surface area contributed by atoms with E-state index in [0.29, 0.717) is 12.1 Å². The van der Waals surface area contributed by atoms with Crippen molar-refractivity contribution in [3.63, 3.8) is 0 Å². The lowest BCUT2D eigenvalue weighted by Gasteiger charge is -2.02. The van der Waals surface area contributed by atoms with Gasteiger partial charge in [-0.1, -0.05) is 13.0 Å². The Labute approximate surface area is 77.4 Å². The molecule has 0 heterocycles. The van der Waals surface area contributed by atoms with E-state index in [4.69, 9.17) is 0 Å². The third-order valence-corrected chi connectivity index (χ3v) is 1.59. The molecule has 0 bridgehead atoms. The van der Waals surface area contributed by atoms with E-state index in [1.54, 1.807) is 12.1 Å². The molecule has 0 aliphatic heterocycles. The van der Waals surface area contributed by atoms with Crippen LogP contribution in [0.4, 0.5) is 5.69 Å². The Morgan fingerprint density at radius 2 is 2.23 bits per heavy atom. The van der Waals surface area contributed by atoms with Crippen LogP contribution in [-0.2, 0) is 9.90 Å². The third kappa shape index (κ3) is 3.15. The highest BCUT2D eigenvalue weighted by molar-refractivity contribution is 5.90. The summed E-state index contributed by atoms with van der Waals surface area (Å²) in [5.41, 5.74) is 0.575. The molecule has 1 rings (SSSR count). The van der Waals surface area contributed by atoms with Gasteiger partial charge in [-0.2, -0.15) is 0 Å². The fraction of sp³-hybridized carbons (Fsp3) is 0.300. The van der Waals surface area contributed by atoms with Crippen LogP contribution in [0.25, 0.3) is 0 Å². The quantitative estimate of drug-likeness (QED) is 0.759. The molecule has 0 saturated heterocycles. The topological polar surface area (TPSA) is 49.0 Å². The Hall–Kier alpha value is -1.51. The maximum Gasteiger partial charge on any atom is 0.224 e. The first-order chi connectivity index (χ1) is 6.22. The standard InChI is InChI=1S/C10H12NO2/c1-2-4-10(13)11-8-5-3-6-9(12)7-8/h3,5-7H,2,4H2,1H3,(H,11,13). The predicted octanol–water partition coefficient (Wildman–Crippen LogP) is 2.57. The summed E-state index contributed by atoms with van der Waals surface area (Å²) >= 11 is 0. The molecule has 0 spiro atoms. The van der Waals surface area contributed by atoms with Crippen molar-refractivity contribution in [2.24, 2.45) is 0 Å².